The lowest BCUT2D eigenvalue weighted by Crippen LogP contribution is -2.25. The third-order valence-electron chi connectivity index (χ3n) is 7.07. The number of allylic oxidation sites excluding steroid dienone is 1. The minimum atomic E-state index is -0.368. The molecule has 1 aromatic carbocycles. The molecule has 0 bridgehead atoms. The van der Waals surface area contributed by atoms with Gasteiger partial charge in [0.1, 0.15) is 11.6 Å². The third kappa shape index (κ3) is 5.17. The fraction of sp³-hybridized carbons (Fsp3) is 0.429. The molecule has 0 atom stereocenters. The van der Waals surface area contributed by atoms with Crippen LogP contribution in [0.5, 0.6) is 0 Å². The van der Waals surface area contributed by atoms with Crippen molar-refractivity contribution in [1.29, 1.82) is 0 Å². The summed E-state index contributed by atoms with van der Waals surface area (Å²) in [6.07, 6.45) is 12.3. The average molecular weight is 489 g/mol. The fourth-order valence-electron chi connectivity index (χ4n) is 5.18. The van der Waals surface area contributed by atoms with E-state index in [0.717, 1.165) is 41.8 Å². The highest BCUT2D eigenvalue weighted by atomic mass is 19.1. The Bertz CT molecular complexity index is 1320. The first-order valence-electron chi connectivity index (χ1n) is 12.8. The van der Waals surface area contributed by atoms with E-state index >= 15 is 0 Å². The smallest absolute Gasteiger partial charge is 0.272 e. The molecular formula is C28H33FN6O. The van der Waals surface area contributed by atoms with E-state index in [1.54, 1.807) is 32.7 Å². The Hall–Kier alpha value is -3.55. The number of halogens is 1. The fourth-order valence-corrected chi connectivity index (χ4v) is 5.18. The van der Waals surface area contributed by atoms with Gasteiger partial charge in [-0.1, -0.05) is 12.8 Å². The number of fused-ring (bicyclic) bond motifs is 1. The number of nitrogens with zero attached hydrogens (tertiary/aromatic N) is 4. The van der Waals surface area contributed by atoms with Crippen molar-refractivity contribution in [3.63, 3.8) is 0 Å². The summed E-state index contributed by atoms with van der Waals surface area (Å²) in [4.78, 5) is 26.9. The number of pyridine rings is 1. The Morgan fingerprint density at radius 3 is 2.75 bits per heavy atom. The minimum Gasteiger partial charge on any atom is -0.393 e. The maximum absolute atomic E-state index is 14.4. The molecule has 0 spiro atoms. The van der Waals surface area contributed by atoms with Crippen LogP contribution in [0.25, 0.3) is 16.6 Å². The maximum Gasteiger partial charge on any atom is 0.272 e. The van der Waals surface area contributed by atoms with E-state index in [9.17, 15) is 9.18 Å². The first kappa shape index (κ1) is 24.2. The molecule has 2 aliphatic rings. The number of imidazole rings is 1. The van der Waals surface area contributed by atoms with Crippen LogP contribution in [0.2, 0.25) is 0 Å². The van der Waals surface area contributed by atoms with Crippen LogP contribution in [0.3, 0.4) is 0 Å². The lowest BCUT2D eigenvalue weighted by molar-refractivity contribution is 0.0947. The van der Waals surface area contributed by atoms with Crippen molar-refractivity contribution in [2.45, 2.75) is 57.5 Å². The molecule has 7 nitrogen and oxygen atoms in total. The van der Waals surface area contributed by atoms with E-state index < -0.39 is 0 Å². The van der Waals surface area contributed by atoms with Gasteiger partial charge in [-0.2, -0.15) is 0 Å². The summed E-state index contributed by atoms with van der Waals surface area (Å²) in [5.74, 6) is 1.56. The van der Waals surface area contributed by atoms with Crippen LogP contribution in [0.1, 0.15) is 71.9 Å². The summed E-state index contributed by atoms with van der Waals surface area (Å²) >= 11 is 0. The second kappa shape index (κ2) is 10.6. The topological polar surface area (TPSA) is 84.2 Å². The molecule has 2 aliphatic carbocycles. The number of carbonyl (C=O) groups excluding carboxylic acids is 1. The highest BCUT2D eigenvalue weighted by Gasteiger charge is 2.30. The van der Waals surface area contributed by atoms with Gasteiger partial charge >= 0.3 is 0 Å². The molecule has 0 saturated heterocycles. The number of amides is 1. The number of aliphatic imine (C=N–C) groups is 1. The quantitative estimate of drug-likeness (QED) is 0.423. The molecular weight excluding hydrogens is 455 g/mol. The maximum atomic E-state index is 14.4. The van der Waals surface area contributed by atoms with Crippen molar-refractivity contribution in [2.24, 2.45) is 10.9 Å². The number of rotatable bonds is 9. The third-order valence-corrected chi connectivity index (χ3v) is 7.07. The van der Waals surface area contributed by atoms with E-state index in [-0.39, 0.29) is 18.3 Å². The van der Waals surface area contributed by atoms with Crippen molar-refractivity contribution in [3.8, 4) is 0 Å². The summed E-state index contributed by atoms with van der Waals surface area (Å²) < 4.78 is 16.7. The van der Waals surface area contributed by atoms with Gasteiger partial charge < -0.3 is 15.2 Å². The lowest BCUT2D eigenvalue weighted by atomic mass is 10.0. The highest BCUT2D eigenvalue weighted by Crippen LogP contribution is 2.38. The largest absolute Gasteiger partial charge is 0.393 e. The summed E-state index contributed by atoms with van der Waals surface area (Å²) in [7, 11) is 3.45. The Morgan fingerprint density at radius 2 is 2.03 bits per heavy atom. The van der Waals surface area contributed by atoms with Gasteiger partial charge in [-0.25, -0.2) is 14.4 Å². The van der Waals surface area contributed by atoms with Gasteiger partial charge in [0.25, 0.3) is 5.91 Å². The molecule has 2 fully saturated rings. The van der Waals surface area contributed by atoms with Crippen LogP contribution in [0.4, 0.5) is 4.39 Å². The van der Waals surface area contributed by atoms with Gasteiger partial charge in [-0.3, -0.25) is 9.79 Å². The van der Waals surface area contributed by atoms with Gasteiger partial charge in [0, 0.05) is 57.3 Å². The van der Waals surface area contributed by atoms with Crippen molar-refractivity contribution in [1.82, 2.24) is 25.2 Å². The van der Waals surface area contributed by atoms with E-state index in [0.29, 0.717) is 28.7 Å². The Kier molecular flexibility index (Phi) is 7.11. The van der Waals surface area contributed by atoms with E-state index in [4.69, 9.17) is 4.98 Å². The molecule has 2 N–H and O–H groups in total. The number of aromatic nitrogens is 3. The number of nitrogens with one attached hydrogen (secondary N) is 2. The van der Waals surface area contributed by atoms with E-state index in [1.807, 2.05) is 12.1 Å². The van der Waals surface area contributed by atoms with Crippen molar-refractivity contribution in [2.75, 3.05) is 14.1 Å². The standard InChI is InChI=1S/C28H33FN6O/c1-30-15-22(16-31-2)21-11-19(12-23(29)13-21)14-33-28(36)25-26-24(9-10-32-25)34-27(20-5-3-4-6-20)35(26)17-18-7-8-18/h9-13,15-16,18,20,30H,3-8,14,17H2,1-2H3,(H,33,36)/b22-15+,31-16?. The molecule has 5 rings (SSSR count). The van der Waals surface area contributed by atoms with Gasteiger partial charge in [-0.05, 0) is 67.0 Å². The zero-order valence-corrected chi connectivity index (χ0v) is 20.9. The van der Waals surface area contributed by atoms with Crippen molar-refractivity contribution in [3.05, 3.63) is 65.1 Å². The molecule has 3 aromatic rings. The zero-order valence-electron chi connectivity index (χ0n) is 20.9. The zero-order chi connectivity index (χ0) is 25.1. The van der Waals surface area contributed by atoms with Crippen molar-refractivity contribution >= 4 is 28.7 Å². The van der Waals surface area contributed by atoms with Gasteiger partial charge in [0.2, 0.25) is 0 Å². The van der Waals surface area contributed by atoms with Gasteiger partial charge in [0.05, 0.1) is 11.0 Å². The molecule has 36 heavy (non-hydrogen) atoms. The molecule has 1 amide bonds. The highest BCUT2D eigenvalue weighted by molar-refractivity contribution is 6.09. The molecule has 0 radical (unpaired) electrons. The van der Waals surface area contributed by atoms with Crippen LogP contribution in [0.15, 0.2) is 41.7 Å². The number of benzene rings is 1. The summed E-state index contributed by atoms with van der Waals surface area (Å²) in [5, 5.41) is 5.92. The monoisotopic (exact) mass is 488 g/mol. The summed E-state index contributed by atoms with van der Waals surface area (Å²) in [6.45, 7) is 1.07. The average Bonchev–Trinajstić information content (AvgIpc) is 3.37. The van der Waals surface area contributed by atoms with Gasteiger partial charge in [-0.15, -0.1) is 0 Å². The van der Waals surface area contributed by atoms with Crippen LogP contribution in [-0.2, 0) is 13.1 Å². The Labute approximate surface area is 210 Å². The molecule has 188 valence electrons. The molecule has 8 heteroatoms. The van der Waals surface area contributed by atoms with Crippen LogP contribution in [0, 0.1) is 11.7 Å². The van der Waals surface area contributed by atoms with Crippen LogP contribution < -0.4 is 10.6 Å². The Morgan fingerprint density at radius 1 is 1.22 bits per heavy atom. The molecule has 0 aliphatic heterocycles. The lowest BCUT2D eigenvalue weighted by Gasteiger charge is -2.14. The number of hydrogen-bond donors (Lipinski definition) is 2. The predicted octanol–water partition coefficient (Wildman–Crippen LogP) is 4.83. The predicted molar refractivity (Wildman–Crippen MR) is 140 cm³/mol. The van der Waals surface area contributed by atoms with E-state index in [2.05, 4.69) is 25.2 Å². The normalized spacial score (nSPS) is 16.8. The SMILES string of the molecule is CN=C/C(=C\NC)c1cc(F)cc(CNC(=O)c2nccc3nc(C4CCCC4)n(CC4CC4)c23)c1. The summed E-state index contributed by atoms with van der Waals surface area (Å²) in [6, 6.07) is 6.66. The van der Waals surface area contributed by atoms with Crippen LogP contribution >= 0.6 is 0 Å². The molecule has 2 heterocycles. The molecule has 2 saturated carbocycles. The number of carbonyl (C=O) groups is 1. The first-order chi connectivity index (χ1) is 17.6. The van der Waals surface area contributed by atoms with Gasteiger partial charge in [0.15, 0.2) is 5.69 Å². The Balaban J connectivity index is 1.42. The summed E-state index contributed by atoms with van der Waals surface area (Å²) in [5.41, 5.74) is 4.13. The van der Waals surface area contributed by atoms with E-state index in [1.165, 1.54) is 37.8 Å². The van der Waals surface area contributed by atoms with Crippen molar-refractivity contribution < 1.29 is 9.18 Å². The first-order valence-corrected chi connectivity index (χ1v) is 12.8. The minimum absolute atomic E-state index is 0.185. The molecule has 2 aromatic heterocycles. The second-order valence-electron chi connectivity index (χ2n) is 9.84. The number of hydrogen-bond acceptors (Lipinski definition) is 5. The second-order valence-corrected chi connectivity index (χ2v) is 9.84. The molecule has 0 unspecified atom stereocenters. The van der Waals surface area contributed by atoms with Crippen LogP contribution in [-0.4, -0.2) is 40.8 Å².